The molecule has 17 heavy (non-hydrogen) atoms. The van der Waals surface area contributed by atoms with Crippen molar-refractivity contribution >= 4 is 11.3 Å². The van der Waals surface area contributed by atoms with E-state index in [1.54, 1.807) is 0 Å². The molecule has 1 aromatic heterocycles. The monoisotopic (exact) mass is 253 g/mol. The molecule has 1 aromatic rings. The van der Waals surface area contributed by atoms with E-state index in [2.05, 4.69) is 36.1 Å². The van der Waals surface area contributed by atoms with Crippen molar-refractivity contribution in [3.8, 4) is 0 Å². The Bertz CT molecular complexity index is 362. The molecule has 0 saturated carbocycles. The van der Waals surface area contributed by atoms with Crippen molar-refractivity contribution in [1.82, 2.24) is 15.2 Å². The van der Waals surface area contributed by atoms with Crippen molar-refractivity contribution in [3.63, 3.8) is 0 Å². The van der Waals surface area contributed by atoms with Crippen molar-refractivity contribution < 1.29 is 0 Å². The third-order valence-electron chi connectivity index (χ3n) is 3.29. The average molecular weight is 253 g/mol. The van der Waals surface area contributed by atoms with Gasteiger partial charge in [-0.2, -0.15) is 0 Å². The fourth-order valence-corrected chi connectivity index (χ4v) is 3.60. The van der Waals surface area contributed by atoms with E-state index in [4.69, 9.17) is 0 Å². The van der Waals surface area contributed by atoms with Crippen molar-refractivity contribution in [3.05, 3.63) is 15.6 Å². The van der Waals surface area contributed by atoms with Gasteiger partial charge in [0.2, 0.25) is 0 Å². The molecule has 1 unspecified atom stereocenters. The molecule has 3 nitrogen and oxygen atoms in total. The third kappa shape index (κ3) is 3.50. The summed E-state index contributed by atoms with van der Waals surface area (Å²) in [7, 11) is 2.20. The van der Waals surface area contributed by atoms with Crippen LogP contribution in [0, 0.1) is 6.92 Å². The molecule has 2 rings (SSSR count). The first-order chi connectivity index (χ1) is 8.19. The lowest BCUT2D eigenvalue weighted by Gasteiger charge is -2.30. The second-order valence-electron chi connectivity index (χ2n) is 4.98. The largest absolute Gasteiger partial charge is 0.311 e. The fraction of sp³-hybridized carbons (Fsp3) is 0.769. The van der Waals surface area contributed by atoms with Gasteiger partial charge in [-0.05, 0) is 26.8 Å². The SMILES string of the molecule is CCCc1nc(C)c(CC2CN(C)CCN2)s1. The predicted octanol–water partition coefficient (Wildman–Crippen LogP) is 1.85. The number of aryl methyl sites for hydroxylation is 2. The molecule has 1 fully saturated rings. The van der Waals surface area contributed by atoms with Gasteiger partial charge in [-0.1, -0.05) is 6.92 Å². The Kier molecular flexibility index (Phi) is 4.54. The van der Waals surface area contributed by atoms with Gasteiger partial charge < -0.3 is 10.2 Å². The van der Waals surface area contributed by atoms with Crippen LogP contribution in [0.2, 0.25) is 0 Å². The zero-order valence-corrected chi connectivity index (χ0v) is 11.9. The van der Waals surface area contributed by atoms with E-state index in [1.807, 2.05) is 11.3 Å². The van der Waals surface area contributed by atoms with Crippen LogP contribution in [0.3, 0.4) is 0 Å². The van der Waals surface area contributed by atoms with Crippen LogP contribution in [-0.4, -0.2) is 42.6 Å². The molecule has 2 heterocycles. The molecule has 0 spiro atoms. The van der Waals surface area contributed by atoms with E-state index < -0.39 is 0 Å². The molecule has 4 heteroatoms. The number of nitrogens with zero attached hydrogens (tertiary/aromatic N) is 2. The minimum Gasteiger partial charge on any atom is -0.311 e. The summed E-state index contributed by atoms with van der Waals surface area (Å²) in [4.78, 5) is 8.54. The van der Waals surface area contributed by atoms with Crippen LogP contribution < -0.4 is 5.32 Å². The van der Waals surface area contributed by atoms with Gasteiger partial charge in [0.1, 0.15) is 0 Å². The van der Waals surface area contributed by atoms with Gasteiger partial charge in [0.15, 0.2) is 0 Å². The second-order valence-corrected chi connectivity index (χ2v) is 6.15. The van der Waals surface area contributed by atoms with E-state index in [1.165, 1.54) is 28.5 Å². The Labute approximate surface area is 108 Å². The second kappa shape index (κ2) is 5.94. The highest BCUT2D eigenvalue weighted by Gasteiger charge is 2.19. The molecular formula is C13H23N3S. The Morgan fingerprint density at radius 1 is 1.53 bits per heavy atom. The molecule has 1 atom stereocenters. The lowest BCUT2D eigenvalue weighted by Crippen LogP contribution is -2.49. The Morgan fingerprint density at radius 3 is 3.06 bits per heavy atom. The molecular weight excluding hydrogens is 230 g/mol. The fourth-order valence-electron chi connectivity index (χ4n) is 2.35. The van der Waals surface area contributed by atoms with Crippen molar-refractivity contribution in [2.45, 2.75) is 39.2 Å². The van der Waals surface area contributed by atoms with Crippen molar-refractivity contribution in [2.75, 3.05) is 26.7 Å². The summed E-state index contributed by atoms with van der Waals surface area (Å²) in [6, 6.07) is 0.599. The summed E-state index contributed by atoms with van der Waals surface area (Å²) in [5.41, 5.74) is 1.24. The summed E-state index contributed by atoms with van der Waals surface area (Å²) in [5, 5.41) is 4.91. The number of rotatable bonds is 4. The van der Waals surface area contributed by atoms with Gasteiger partial charge in [0.25, 0.3) is 0 Å². The standard InChI is InChI=1S/C13H23N3S/c1-4-5-13-15-10(2)12(17-13)8-11-9-16(3)7-6-14-11/h11,14H,4-9H2,1-3H3. The van der Waals surface area contributed by atoms with Crippen LogP contribution in [0.4, 0.5) is 0 Å². The smallest absolute Gasteiger partial charge is 0.0930 e. The maximum atomic E-state index is 4.66. The Balaban J connectivity index is 1.97. The number of hydrogen-bond donors (Lipinski definition) is 1. The lowest BCUT2D eigenvalue weighted by atomic mass is 10.1. The lowest BCUT2D eigenvalue weighted by molar-refractivity contribution is 0.238. The number of nitrogens with one attached hydrogen (secondary N) is 1. The third-order valence-corrected chi connectivity index (χ3v) is 4.53. The summed E-state index contributed by atoms with van der Waals surface area (Å²) >= 11 is 1.91. The van der Waals surface area contributed by atoms with Crippen molar-refractivity contribution in [1.29, 1.82) is 0 Å². The summed E-state index contributed by atoms with van der Waals surface area (Å²) in [5.74, 6) is 0. The van der Waals surface area contributed by atoms with Crippen LogP contribution in [0.15, 0.2) is 0 Å². The number of piperazine rings is 1. The van der Waals surface area contributed by atoms with Gasteiger partial charge in [-0.25, -0.2) is 4.98 Å². The first-order valence-electron chi connectivity index (χ1n) is 6.56. The van der Waals surface area contributed by atoms with Gasteiger partial charge in [0.05, 0.1) is 10.7 Å². The number of aromatic nitrogens is 1. The number of likely N-dealkylation sites (N-methyl/N-ethyl adjacent to an activating group) is 1. The average Bonchev–Trinajstić information content (AvgIpc) is 2.60. The molecule has 0 amide bonds. The molecule has 96 valence electrons. The highest BCUT2D eigenvalue weighted by atomic mass is 32.1. The molecule has 1 N–H and O–H groups in total. The highest BCUT2D eigenvalue weighted by molar-refractivity contribution is 7.11. The Morgan fingerprint density at radius 2 is 2.35 bits per heavy atom. The van der Waals surface area contributed by atoms with E-state index in [9.17, 15) is 0 Å². The predicted molar refractivity (Wildman–Crippen MR) is 73.8 cm³/mol. The number of hydrogen-bond acceptors (Lipinski definition) is 4. The molecule has 0 radical (unpaired) electrons. The molecule has 1 aliphatic heterocycles. The zero-order chi connectivity index (χ0) is 12.3. The Hall–Kier alpha value is -0.450. The van der Waals surface area contributed by atoms with E-state index in [0.29, 0.717) is 6.04 Å². The van der Waals surface area contributed by atoms with Crippen LogP contribution in [-0.2, 0) is 12.8 Å². The zero-order valence-electron chi connectivity index (χ0n) is 11.1. The first-order valence-corrected chi connectivity index (χ1v) is 7.37. The normalized spacial score (nSPS) is 21.9. The van der Waals surface area contributed by atoms with Crippen LogP contribution in [0.1, 0.15) is 28.9 Å². The van der Waals surface area contributed by atoms with Gasteiger partial charge >= 0.3 is 0 Å². The maximum Gasteiger partial charge on any atom is 0.0930 e. The summed E-state index contributed by atoms with van der Waals surface area (Å²) < 4.78 is 0. The van der Waals surface area contributed by atoms with Crippen LogP contribution in [0.25, 0.3) is 0 Å². The van der Waals surface area contributed by atoms with Crippen molar-refractivity contribution in [2.24, 2.45) is 0 Å². The summed E-state index contributed by atoms with van der Waals surface area (Å²) in [6.45, 7) is 7.80. The van der Waals surface area contributed by atoms with Gasteiger partial charge in [-0.15, -0.1) is 11.3 Å². The molecule has 0 aromatic carbocycles. The van der Waals surface area contributed by atoms with E-state index in [0.717, 1.165) is 25.9 Å². The van der Waals surface area contributed by atoms with E-state index >= 15 is 0 Å². The molecule has 1 saturated heterocycles. The minimum absolute atomic E-state index is 0.599. The van der Waals surface area contributed by atoms with Gasteiger partial charge in [-0.3, -0.25) is 0 Å². The molecule has 0 bridgehead atoms. The topological polar surface area (TPSA) is 28.2 Å². The summed E-state index contributed by atoms with van der Waals surface area (Å²) in [6.07, 6.45) is 3.46. The van der Waals surface area contributed by atoms with Crippen LogP contribution in [0.5, 0.6) is 0 Å². The molecule has 1 aliphatic rings. The quantitative estimate of drug-likeness (QED) is 0.887. The van der Waals surface area contributed by atoms with Gasteiger partial charge in [0, 0.05) is 37.0 Å². The van der Waals surface area contributed by atoms with Crippen LogP contribution >= 0.6 is 11.3 Å². The minimum atomic E-state index is 0.599. The molecule has 0 aliphatic carbocycles. The van der Waals surface area contributed by atoms with E-state index in [-0.39, 0.29) is 0 Å². The maximum absolute atomic E-state index is 4.66. The number of thiazole rings is 1. The first kappa shape index (κ1) is 13.0. The highest BCUT2D eigenvalue weighted by Crippen LogP contribution is 2.21.